The average Bonchev–Trinajstić information content (AvgIpc) is 2.71. The van der Waals surface area contributed by atoms with Crippen molar-refractivity contribution in [3.05, 3.63) is 47.5 Å². The third-order valence-corrected chi connectivity index (χ3v) is 4.92. The van der Waals surface area contributed by atoms with Gasteiger partial charge in [0.1, 0.15) is 0 Å². The van der Waals surface area contributed by atoms with Gasteiger partial charge in [-0.25, -0.2) is 0 Å². The van der Waals surface area contributed by atoms with E-state index in [2.05, 4.69) is 19.1 Å². The smallest absolute Gasteiger partial charge is 0.352 e. The van der Waals surface area contributed by atoms with Gasteiger partial charge in [-0.2, -0.15) is 13.2 Å². The van der Waals surface area contributed by atoms with E-state index in [1.165, 1.54) is 12.1 Å². The van der Waals surface area contributed by atoms with Crippen molar-refractivity contribution in [2.45, 2.75) is 44.9 Å². The summed E-state index contributed by atoms with van der Waals surface area (Å²) in [5.41, 5.74) is -0.0820. The fraction of sp³-hybridized carbons (Fsp3) is 0.619. The molecule has 0 spiro atoms. The van der Waals surface area contributed by atoms with Gasteiger partial charge in [0.05, 0.1) is 32.0 Å². The molecule has 4 nitrogen and oxygen atoms in total. The van der Waals surface area contributed by atoms with Gasteiger partial charge in [-0.05, 0) is 31.4 Å². The second kappa shape index (κ2) is 9.87. The van der Waals surface area contributed by atoms with Crippen molar-refractivity contribution in [1.82, 2.24) is 0 Å². The van der Waals surface area contributed by atoms with Crippen LogP contribution in [-0.2, 0) is 25.1 Å². The molecule has 7 heteroatoms. The molecule has 156 valence electrons. The van der Waals surface area contributed by atoms with Gasteiger partial charge < -0.3 is 18.9 Å². The highest BCUT2D eigenvalue weighted by Gasteiger charge is 2.31. The van der Waals surface area contributed by atoms with E-state index >= 15 is 0 Å². The van der Waals surface area contributed by atoms with Gasteiger partial charge in [0.15, 0.2) is 12.6 Å². The van der Waals surface area contributed by atoms with E-state index in [0.29, 0.717) is 37.9 Å². The maximum Gasteiger partial charge on any atom is 0.416 e. The minimum atomic E-state index is -4.34. The lowest BCUT2D eigenvalue weighted by atomic mass is 10.0. The average molecular weight is 400 g/mol. The summed E-state index contributed by atoms with van der Waals surface area (Å²) in [7, 11) is 0. The zero-order chi connectivity index (χ0) is 20.0. The van der Waals surface area contributed by atoms with Crippen LogP contribution in [0.5, 0.6) is 0 Å². The van der Waals surface area contributed by atoms with Crippen LogP contribution in [0.4, 0.5) is 13.2 Å². The van der Waals surface area contributed by atoms with E-state index < -0.39 is 18.0 Å². The molecule has 1 aromatic carbocycles. The van der Waals surface area contributed by atoms with Crippen molar-refractivity contribution in [2.24, 2.45) is 11.8 Å². The summed E-state index contributed by atoms with van der Waals surface area (Å²) < 4.78 is 60.9. The van der Waals surface area contributed by atoms with E-state index in [4.69, 9.17) is 18.9 Å². The zero-order valence-corrected chi connectivity index (χ0v) is 16.0. The molecule has 0 radical (unpaired) electrons. The molecule has 2 aliphatic heterocycles. The summed E-state index contributed by atoms with van der Waals surface area (Å²) in [6.45, 7) is 4.45. The lowest BCUT2D eigenvalue weighted by Crippen LogP contribution is -2.33. The largest absolute Gasteiger partial charge is 0.416 e. The van der Waals surface area contributed by atoms with Crippen molar-refractivity contribution >= 4 is 0 Å². The molecular formula is C21H27F3O4. The summed E-state index contributed by atoms with van der Waals surface area (Å²) in [6, 6.07) is 4.91. The lowest BCUT2D eigenvalue weighted by molar-refractivity contribution is -0.217. The monoisotopic (exact) mass is 400 g/mol. The highest BCUT2D eigenvalue weighted by Crippen LogP contribution is 2.32. The molecule has 0 bridgehead atoms. The van der Waals surface area contributed by atoms with E-state index in [1.807, 2.05) is 0 Å². The van der Waals surface area contributed by atoms with E-state index in [-0.39, 0.29) is 12.2 Å². The van der Waals surface area contributed by atoms with Crippen molar-refractivity contribution in [3.8, 4) is 0 Å². The van der Waals surface area contributed by atoms with Crippen LogP contribution in [0.2, 0.25) is 0 Å². The minimum absolute atomic E-state index is 0.195. The van der Waals surface area contributed by atoms with Crippen LogP contribution in [0, 0.1) is 11.8 Å². The number of alkyl halides is 3. The standard InChI is InChI=1S/C21H27F3O4/c1-2-3-4-15-11-25-19(26-12-15)10-5-16-13-27-20(28-14-16)17-6-8-18(9-7-17)21(22,23)24/h3-4,6-9,15-16,19-20H,2,5,10-14H2,1H3/b4-3+/t15?,16-,19?,20-. The Morgan fingerprint density at radius 2 is 1.57 bits per heavy atom. The first-order valence-corrected chi connectivity index (χ1v) is 9.76. The third-order valence-electron chi connectivity index (χ3n) is 4.92. The summed E-state index contributed by atoms with van der Waals surface area (Å²) in [5.74, 6) is 0.539. The normalized spacial score (nSPS) is 29.3. The highest BCUT2D eigenvalue weighted by atomic mass is 19.4. The lowest BCUT2D eigenvalue weighted by Gasteiger charge is -2.32. The van der Waals surface area contributed by atoms with Crippen LogP contribution in [0.1, 0.15) is 43.6 Å². The molecule has 2 aliphatic rings. The van der Waals surface area contributed by atoms with E-state index in [0.717, 1.165) is 31.4 Å². The predicted molar refractivity (Wildman–Crippen MR) is 97.4 cm³/mol. The SMILES string of the molecule is CC/C=C/C1COC(CC[C@H]2CO[C@H](c3ccc(C(F)(F)F)cc3)OC2)OC1. The molecule has 2 saturated heterocycles. The molecule has 0 amide bonds. The Morgan fingerprint density at radius 1 is 0.929 bits per heavy atom. The van der Waals surface area contributed by atoms with Crippen LogP contribution in [0.3, 0.4) is 0 Å². The van der Waals surface area contributed by atoms with Crippen LogP contribution in [-0.4, -0.2) is 32.7 Å². The predicted octanol–water partition coefficient (Wildman–Crippen LogP) is 5.10. The first-order chi connectivity index (χ1) is 13.5. The van der Waals surface area contributed by atoms with Crippen molar-refractivity contribution in [2.75, 3.05) is 26.4 Å². The van der Waals surface area contributed by atoms with Gasteiger partial charge in [-0.3, -0.25) is 0 Å². The molecule has 0 aromatic heterocycles. The fourth-order valence-electron chi connectivity index (χ4n) is 3.27. The Bertz CT molecular complexity index is 614. The van der Waals surface area contributed by atoms with Crippen LogP contribution in [0.15, 0.2) is 36.4 Å². The topological polar surface area (TPSA) is 36.9 Å². The molecule has 28 heavy (non-hydrogen) atoms. The summed E-state index contributed by atoms with van der Waals surface area (Å²) in [5, 5.41) is 0. The molecule has 0 unspecified atom stereocenters. The van der Waals surface area contributed by atoms with Crippen molar-refractivity contribution < 1.29 is 32.1 Å². The van der Waals surface area contributed by atoms with Gasteiger partial charge in [0.2, 0.25) is 0 Å². The number of allylic oxidation sites excluding steroid dienone is 1. The van der Waals surface area contributed by atoms with Crippen LogP contribution >= 0.6 is 0 Å². The fourth-order valence-corrected chi connectivity index (χ4v) is 3.27. The zero-order valence-electron chi connectivity index (χ0n) is 16.0. The molecule has 0 N–H and O–H groups in total. The second-order valence-corrected chi connectivity index (χ2v) is 7.25. The maximum absolute atomic E-state index is 12.6. The van der Waals surface area contributed by atoms with Crippen LogP contribution in [0.25, 0.3) is 0 Å². The number of hydrogen-bond acceptors (Lipinski definition) is 4. The first kappa shape index (κ1) is 21.3. The summed E-state index contributed by atoms with van der Waals surface area (Å²) >= 11 is 0. The Labute approximate surface area is 163 Å². The molecule has 1 aromatic rings. The van der Waals surface area contributed by atoms with Crippen LogP contribution < -0.4 is 0 Å². The number of rotatable bonds is 6. The van der Waals surface area contributed by atoms with E-state index in [9.17, 15) is 13.2 Å². The minimum Gasteiger partial charge on any atom is -0.352 e. The Morgan fingerprint density at radius 3 is 2.14 bits per heavy atom. The molecule has 2 fully saturated rings. The van der Waals surface area contributed by atoms with Crippen molar-refractivity contribution in [1.29, 1.82) is 0 Å². The summed E-state index contributed by atoms with van der Waals surface area (Å²) in [4.78, 5) is 0. The highest BCUT2D eigenvalue weighted by molar-refractivity contribution is 5.25. The Kier molecular flexibility index (Phi) is 7.51. The first-order valence-electron chi connectivity index (χ1n) is 9.76. The molecule has 2 heterocycles. The molecule has 0 saturated carbocycles. The molecular weight excluding hydrogens is 373 g/mol. The number of halogens is 3. The van der Waals surface area contributed by atoms with Gasteiger partial charge in [0.25, 0.3) is 0 Å². The Balaban J connectivity index is 1.37. The van der Waals surface area contributed by atoms with E-state index in [1.54, 1.807) is 0 Å². The molecule has 0 atom stereocenters. The molecule has 3 rings (SSSR count). The summed E-state index contributed by atoms with van der Waals surface area (Å²) in [6.07, 6.45) is 1.74. The number of benzene rings is 1. The third kappa shape index (κ3) is 6.04. The number of hydrogen-bond donors (Lipinski definition) is 0. The van der Waals surface area contributed by atoms with Gasteiger partial charge in [-0.1, -0.05) is 31.2 Å². The van der Waals surface area contributed by atoms with Crippen molar-refractivity contribution in [3.63, 3.8) is 0 Å². The Hall–Kier alpha value is -1.41. The molecule has 0 aliphatic carbocycles. The van der Waals surface area contributed by atoms with Gasteiger partial charge in [0, 0.05) is 17.4 Å². The van der Waals surface area contributed by atoms with Gasteiger partial charge in [-0.15, -0.1) is 0 Å². The quantitative estimate of drug-likeness (QED) is 0.623. The van der Waals surface area contributed by atoms with Gasteiger partial charge >= 0.3 is 6.18 Å². The maximum atomic E-state index is 12.6. The number of ether oxygens (including phenoxy) is 4. The second-order valence-electron chi connectivity index (χ2n) is 7.25.